The number of hydrogen-bond acceptors (Lipinski definition) is 6. The Labute approximate surface area is 175 Å². The fourth-order valence-electron chi connectivity index (χ4n) is 2.39. The Morgan fingerprint density at radius 1 is 0.900 bits per heavy atom. The van der Waals surface area contributed by atoms with Gasteiger partial charge in [0, 0.05) is 5.56 Å². The lowest BCUT2D eigenvalue weighted by Gasteiger charge is -2.09. The van der Waals surface area contributed by atoms with E-state index < -0.39 is 41.6 Å². The lowest BCUT2D eigenvalue weighted by atomic mass is 10.0. The molecule has 160 valence electrons. The molecule has 0 atom stereocenters. The number of sulfonamides is 1. The number of aryl methyl sites for hydroxylation is 3. The van der Waals surface area contributed by atoms with Gasteiger partial charge in [-0.15, -0.1) is 0 Å². The molecule has 8 nitrogen and oxygen atoms in total. The highest BCUT2D eigenvalue weighted by molar-refractivity contribution is 7.89. The van der Waals surface area contributed by atoms with E-state index in [0.29, 0.717) is 5.56 Å². The molecule has 0 aliphatic rings. The Morgan fingerprint density at radius 2 is 1.57 bits per heavy atom. The lowest BCUT2D eigenvalue weighted by Crippen LogP contribution is -2.39. The zero-order valence-electron chi connectivity index (χ0n) is 17.0. The van der Waals surface area contributed by atoms with Crippen LogP contribution in [0.15, 0.2) is 47.4 Å². The van der Waals surface area contributed by atoms with Crippen molar-refractivity contribution in [3.63, 3.8) is 0 Å². The summed E-state index contributed by atoms with van der Waals surface area (Å²) in [6.07, 6.45) is 0. The highest BCUT2D eigenvalue weighted by atomic mass is 32.2. The van der Waals surface area contributed by atoms with Crippen LogP contribution in [-0.4, -0.2) is 45.8 Å². The molecular weight excluding hydrogens is 408 g/mol. The van der Waals surface area contributed by atoms with E-state index in [9.17, 15) is 22.8 Å². The molecule has 0 saturated carbocycles. The third-order valence-corrected chi connectivity index (χ3v) is 5.79. The largest absolute Gasteiger partial charge is 0.456 e. The number of amides is 1. The first-order valence-electron chi connectivity index (χ1n) is 9.17. The molecule has 0 fully saturated rings. The molecule has 2 aromatic carbocycles. The standard InChI is InChI=1S/C21H24N2O6S/c1-14-4-8-18(9-5-14)30(27,28)23-11-20(25)22-12-21(26)29-13-19(24)17-7-6-15(2)16(3)10-17/h4-10,23H,11-13H2,1-3H3,(H,22,25). The maximum absolute atomic E-state index is 12.1. The molecule has 0 bridgehead atoms. The molecular formula is C21H24N2O6S. The van der Waals surface area contributed by atoms with E-state index in [0.717, 1.165) is 16.7 Å². The second kappa shape index (κ2) is 10.1. The Hall–Kier alpha value is -3.04. The van der Waals surface area contributed by atoms with Crippen molar-refractivity contribution in [3.05, 3.63) is 64.7 Å². The van der Waals surface area contributed by atoms with Crippen LogP contribution in [0.25, 0.3) is 0 Å². The van der Waals surface area contributed by atoms with Gasteiger partial charge in [-0.2, -0.15) is 0 Å². The number of benzene rings is 2. The highest BCUT2D eigenvalue weighted by Gasteiger charge is 2.16. The van der Waals surface area contributed by atoms with E-state index in [4.69, 9.17) is 4.74 Å². The van der Waals surface area contributed by atoms with Crippen LogP contribution in [0.3, 0.4) is 0 Å². The van der Waals surface area contributed by atoms with Crippen molar-refractivity contribution in [2.24, 2.45) is 0 Å². The van der Waals surface area contributed by atoms with Crippen molar-refractivity contribution in [3.8, 4) is 0 Å². The van der Waals surface area contributed by atoms with Gasteiger partial charge in [-0.1, -0.05) is 29.8 Å². The predicted molar refractivity (Wildman–Crippen MR) is 111 cm³/mol. The number of carbonyl (C=O) groups excluding carboxylic acids is 3. The summed E-state index contributed by atoms with van der Waals surface area (Å²) >= 11 is 0. The van der Waals surface area contributed by atoms with Gasteiger partial charge in [-0.25, -0.2) is 13.1 Å². The van der Waals surface area contributed by atoms with Gasteiger partial charge in [0.2, 0.25) is 15.9 Å². The molecule has 30 heavy (non-hydrogen) atoms. The molecule has 0 radical (unpaired) electrons. The zero-order valence-corrected chi connectivity index (χ0v) is 17.8. The Balaban J connectivity index is 1.74. The summed E-state index contributed by atoms with van der Waals surface area (Å²) in [4.78, 5) is 35.6. The van der Waals surface area contributed by atoms with Crippen LogP contribution in [0.1, 0.15) is 27.0 Å². The van der Waals surface area contributed by atoms with Crippen LogP contribution in [0.5, 0.6) is 0 Å². The Kier molecular flexibility index (Phi) is 7.85. The molecule has 0 spiro atoms. The average Bonchev–Trinajstić information content (AvgIpc) is 2.71. The maximum atomic E-state index is 12.1. The normalized spacial score (nSPS) is 11.0. The van der Waals surface area contributed by atoms with Crippen LogP contribution < -0.4 is 10.0 Å². The van der Waals surface area contributed by atoms with Gasteiger partial charge < -0.3 is 10.1 Å². The average molecular weight is 432 g/mol. The second-order valence-corrected chi connectivity index (χ2v) is 8.56. The molecule has 0 unspecified atom stereocenters. The summed E-state index contributed by atoms with van der Waals surface area (Å²) < 4.78 is 31.3. The SMILES string of the molecule is Cc1ccc(S(=O)(=O)NCC(=O)NCC(=O)OCC(=O)c2ccc(C)c(C)c2)cc1. The number of hydrogen-bond donors (Lipinski definition) is 2. The van der Waals surface area contributed by atoms with Crippen LogP contribution in [0.2, 0.25) is 0 Å². The van der Waals surface area contributed by atoms with Crippen molar-refractivity contribution < 1.29 is 27.5 Å². The minimum absolute atomic E-state index is 0.0326. The number of carbonyl (C=O) groups is 3. The quantitative estimate of drug-likeness (QED) is 0.457. The summed E-state index contributed by atoms with van der Waals surface area (Å²) in [5.41, 5.74) is 3.33. The predicted octanol–water partition coefficient (Wildman–Crippen LogP) is 1.43. The molecule has 0 aliphatic heterocycles. The van der Waals surface area contributed by atoms with Gasteiger partial charge in [-0.3, -0.25) is 14.4 Å². The minimum atomic E-state index is -3.84. The van der Waals surface area contributed by atoms with Gasteiger partial charge in [0.25, 0.3) is 0 Å². The van der Waals surface area contributed by atoms with Crippen LogP contribution in [-0.2, 0) is 24.3 Å². The van der Waals surface area contributed by atoms with Crippen molar-refractivity contribution >= 4 is 27.7 Å². The monoisotopic (exact) mass is 432 g/mol. The van der Waals surface area contributed by atoms with Crippen LogP contribution >= 0.6 is 0 Å². The van der Waals surface area contributed by atoms with Crippen LogP contribution in [0.4, 0.5) is 0 Å². The van der Waals surface area contributed by atoms with E-state index >= 15 is 0 Å². The number of Topliss-reactive ketones (excluding diaryl/α,β-unsaturated/α-hetero) is 1. The number of ketones is 1. The van der Waals surface area contributed by atoms with Gasteiger partial charge in [0.15, 0.2) is 12.4 Å². The van der Waals surface area contributed by atoms with Gasteiger partial charge >= 0.3 is 5.97 Å². The molecule has 9 heteroatoms. The summed E-state index contributed by atoms with van der Waals surface area (Å²) in [6, 6.07) is 11.3. The summed E-state index contributed by atoms with van der Waals surface area (Å²) in [5, 5.41) is 2.24. The fourth-order valence-corrected chi connectivity index (χ4v) is 3.37. The first-order valence-corrected chi connectivity index (χ1v) is 10.7. The van der Waals surface area contributed by atoms with Crippen molar-refractivity contribution in [2.45, 2.75) is 25.7 Å². The topological polar surface area (TPSA) is 119 Å². The summed E-state index contributed by atoms with van der Waals surface area (Å²) in [5.74, 6) is -1.87. The Bertz CT molecular complexity index is 1050. The molecule has 2 rings (SSSR count). The van der Waals surface area contributed by atoms with Gasteiger partial charge in [0.1, 0.15) is 6.54 Å². The minimum Gasteiger partial charge on any atom is -0.456 e. The number of esters is 1. The smallest absolute Gasteiger partial charge is 0.325 e. The molecule has 0 heterocycles. The van der Waals surface area contributed by atoms with E-state index in [-0.39, 0.29) is 10.7 Å². The van der Waals surface area contributed by atoms with E-state index in [1.165, 1.54) is 12.1 Å². The molecule has 0 saturated heterocycles. The van der Waals surface area contributed by atoms with E-state index in [1.54, 1.807) is 24.3 Å². The number of nitrogens with one attached hydrogen (secondary N) is 2. The first-order chi connectivity index (χ1) is 14.1. The highest BCUT2D eigenvalue weighted by Crippen LogP contribution is 2.11. The molecule has 1 amide bonds. The van der Waals surface area contributed by atoms with Gasteiger partial charge in [0.05, 0.1) is 11.4 Å². The van der Waals surface area contributed by atoms with Crippen molar-refractivity contribution in [1.82, 2.24) is 10.0 Å². The third-order valence-electron chi connectivity index (χ3n) is 4.38. The van der Waals surface area contributed by atoms with Crippen LogP contribution in [0, 0.1) is 20.8 Å². The van der Waals surface area contributed by atoms with Gasteiger partial charge in [-0.05, 0) is 50.1 Å². The van der Waals surface area contributed by atoms with Crippen molar-refractivity contribution in [2.75, 3.05) is 19.7 Å². The summed E-state index contributed by atoms with van der Waals surface area (Å²) in [6.45, 7) is 4.16. The molecule has 0 aliphatic carbocycles. The van der Waals surface area contributed by atoms with Crippen molar-refractivity contribution in [1.29, 1.82) is 0 Å². The molecule has 0 aromatic heterocycles. The maximum Gasteiger partial charge on any atom is 0.325 e. The second-order valence-electron chi connectivity index (χ2n) is 6.80. The number of rotatable bonds is 9. The molecule has 2 aromatic rings. The Morgan fingerprint density at radius 3 is 2.20 bits per heavy atom. The van der Waals surface area contributed by atoms with E-state index in [1.807, 2.05) is 26.8 Å². The zero-order chi connectivity index (χ0) is 22.3. The lowest BCUT2D eigenvalue weighted by molar-refractivity contribution is -0.142. The summed E-state index contributed by atoms with van der Waals surface area (Å²) in [7, 11) is -3.84. The first kappa shape index (κ1) is 23.2. The third kappa shape index (κ3) is 6.78. The molecule has 2 N–H and O–H groups in total. The number of ether oxygens (including phenoxy) is 1. The van der Waals surface area contributed by atoms with E-state index in [2.05, 4.69) is 10.0 Å². The fraction of sp³-hybridized carbons (Fsp3) is 0.286.